The summed E-state index contributed by atoms with van der Waals surface area (Å²) in [4.78, 5) is 10.7. The maximum Gasteiger partial charge on any atom is 0.185 e. The second kappa shape index (κ2) is 3.77. The Hall–Kier alpha value is -1.77. The van der Waals surface area contributed by atoms with Gasteiger partial charge in [0.1, 0.15) is 5.58 Å². The molecule has 1 aromatic carbocycles. The van der Waals surface area contributed by atoms with Crippen LogP contribution in [-0.4, -0.2) is 12.8 Å². The molecule has 1 N–H and O–H groups in total. The summed E-state index contributed by atoms with van der Waals surface area (Å²) in [5.74, 6) is 0.415. The van der Waals surface area contributed by atoms with E-state index in [9.17, 15) is 4.79 Å². The van der Waals surface area contributed by atoms with E-state index in [-0.39, 0.29) is 0 Å². The molecular weight excluding hydrogens is 190 g/mol. The van der Waals surface area contributed by atoms with Crippen molar-refractivity contribution >= 4 is 22.9 Å². The summed E-state index contributed by atoms with van der Waals surface area (Å²) in [5.41, 5.74) is 2.67. The van der Waals surface area contributed by atoms with Gasteiger partial charge in [0.25, 0.3) is 0 Å². The molecule has 0 bridgehead atoms. The van der Waals surface area contributed by atoms with Crippen LogP contribution in [0.15, 0.2) is 22.6 Å². The standard InChI is InChI=1S/C12H13NO2/c1-3-13-9-4-5-10-8(2)12(7-14)15-11(10)6-9/h4-7,13H,3H2,1-2H3. The number of carbonyl (C=O) groups excluding carboxylic acids is 1. The summed E-state index contributed by atoms with van der Waals surface area (Å²) in [6, 6.07) is 5.88. The Morgan fingerprint density at radius 3 is 2.93 bits per heavy atom. The molecule has 3 nitrogen and oxygen atoms in total. The maximum atomic E-state index is 10.7. The molecule has 0 saturated carbocycles. The van der Waals surface area contributed by atoms with Crippen molar-refractivity contribution in [2.75, 3.05) is 11.9 Å². The van der Waals surface area contributed by atoms with Crippen LogP contribution in [0, 0.1) is 6.92 Å². The van der Waals surface area contributed by atoms with E-state index >= 15 is 0 Å². The van der Waals surface area contributed by atoms with Crippen LogP contribution in [0.25, 0.3) is 11.0 Å². The minimum atomic E-state index is 0.415. The fourth-order valence-electron chi connectivity index (χ4n) is 1.67. The number of hydrogen-bond donors (Lipinski definition) is 1. The zero-order valence-electron chi connectivity index (χ0n) is 8.83. The second-order valence-electron chi connectivity index (χ2n) is 3.45. The second-order valence-corrected chi connectivity index (χ2v) is 3.45. The van der Waals surface area contributed by atoms with Crippen molar-refractivity contribution < 1.29 is 9.21 Å². The lowest BCUT2D eigenvalue weighted by Crippen LogP contribution is -1.95. The van der Waals surface area contributed by atoms with Gasteiger partial charge >= 0.3 is 0 Å². The SMILES string of the molecule is CCNc1ccc2c(C)c(C=O)oc2c1. The van der Waals surface area contributed by atoms with Gasteiger partial charge in [-0.15, -0.1) is 0 Å². The first-order chi connectivity index (χ1) is 7.26. The normalized spacial score (nSPS) is 10.5. The van der Waals surface area contributed by atoms with Gasteiger partial charge in [-0.25, -0.2) is 0 Å². The van der Waals surface area contributed by atoms with Crippen molar-refractivity contribution in [1.82, 2.24) is 0 Å². The molecule has 0 radical (unpaired) electrons. The molecule has 0 atom stereocenters. The Labute approximate surface area is 88.1 Å². The molecule has 0 aliphatic heterocycles. The molecule has 1 aromatic heterocycles. The Balaban J connectivity index is 2.57. The summed E-state index contributed by atoms with van der Waals surface area (Å²) < 4.78 is 5.43. The van der Waals surface area contributed by atoms with Gasteiger partial charge in [0.2, 0.25) is 0 Å². The van der Waals surface area contributed by atoms with E-state index in [2.05, 4.69) is 5.32 Å². The van der Waals surface area contributed by atoms with E-state index in [0.29, 0.717) is 5.76 Å². The summed E-state index contributed by atoms with van der Waals surface area (Å²) in [6.45, 7) is 4.79. The highest BCUT2D eigenvalue weighted by molar-refractivity contribution is 5.91. The first kappa shape index (κ1) is 9.77. The van der Waals surface area contributed by atoms with Crippen molar-refractivity contribution in [3.63, 3.8) is 0 Å². The number of carbonyl (C=O) groups is 1. The van der Waals surface area contributed by atoms with Crippen LogP contribution in [-0.2, 0) is 0 Å². The average molecular weight is 203 g/mol. The topological polar surface area (TPSA) is 42.2 Å². The Kier molecular flexibility index (Phi) is 2.46. The number of fused-ring (bicyclic) bond motifs is 1. The third-order valence-electron chi connectivity index (χ3n) is 2.46. The monoisotopic (exact) mass is 203 g/mol. The Morgan fingerprint density at radius 2 is 2.27 bits per heavy atom. The molecule has 0 aliphatic rings. The van der Waals surface area contributed by atoms with Crippen LogP contribution in [0.3, 0.4) is 0 Å². The Bertz CT molecular complexity index is 500. The zero-order valence-corrected chi connectivity index (χ0v) is 8.83. The minimum Gasteiger partial charge on any atom is -0.453 e. The number of furan rings is 1. The quantitative estimate of drug-likeness (QED) is 0.780. The van der Waals surface area contributed by atoms with Crippen molar-refractivity contribution in [2.45, 2.75) is 13.8 Å². The number of hydrogen-bond acceptors (Lipinski definition) is 3. The highest BCUT2D eigenvalue weighted by Crippen LogP contribution is 2.26. The Morgan fingerprint density at radius 1 is 1.47 bits per heavy atom. The minimum absolute atomic E-state index is 0.415. The smallest absolute Gasteiger partial charge is 0.185 e. The first-order valence-electron chi connectivity index (χ1n) is 4.98. The summed E-state index contributed by atoms with van der Waals surface area (Å²) in [7, 11) is 0. The molecule has 1 heterocycles. The van der Waals surface area contributed by atoms with E-state index in [4.69, 9.17) is 4.42 Å². The highest BCUT2D eigenvalue weighted by atomic mass is 16.3. The lowest BCUT2D eigenvalue weighted by atomic mass is 10.1. The van der Waals surface area contributed by atoms with Gasteiger partial charge < -0.3 is 9.73 Å². The summed E-state index contributed by atoms with van der Waals surface area (Å²) >= 11 is 0. The third kappa shape index (κ3) is 1.61. The number of aldehydes is 1. The van der Waals surface area contributed by atoms with Crippen LogP contribution >= 0.6 is 0 Å². The van der Waals surface area contributed by atoms with Crippen LogP contribution in [0.2, 0.25) is 0 Å². The molecule has 2 aromatic rings. The van der Waals surface area contributed by atoms with Crippen LogP contribution in [0.5, 0.6) is 0 Å². The lowest BCUT2D eigenvalue weighted by Gasteiger charge is -2.01. The van der Waals surface area contributed by atoms with Crippen LogP contribution in [0.4, 0.5) is 5.69 Å². The van der Waals surface area contributed by atoms with E-state index in [1.54, 1.807) is 0 Å². The zero-order chi connectivity index (χ0) is 10.8. The summed E-state index contributed by atoms with van der Waals surface area (Å²) in [5, 5.41) is 4.20. The molecule has 0 unspecified atom stereocenters. The van der Waals surface area contributed by atoms with Gasteiger partial charge in [0, 0.05) is 29.2 Å². The molecule has 3 heteroatoms. The van der Waals surface area contributed by atoms with E-state index in [1.807, 2.05) is 32.0 Å². The van der Waals surface area contributed by atoms with Gasteiger partial charge in [-0.3, -0.25) is 4.79 Å². The molecule has 78 valence electrons. The molecule has 0 aliphatic carbocycles. The first-order valence-corrected chi connectivity index (χ1v) is 4.98. The average Bonchev–Trinajstić information content (AvgIpc) is 2.56. The van der Waals surface area contributed by atoms with Gasteiger partial charge in [0.05, 0.1) is 0 Å². The van der Waals surface area contributed by atoms with Gasteiger partial charge in [-0.1, -0.05) is 0 Å². The van der Waals surface area contributed by atoms with Crippen LogP contribution < -0.4 is 5.32 Å². The van der Waals surface area contributed by atoms with Crippen molar-refractivity contribution in [3.8, 4) is 0 Å². The third-order valence-corrected chi connectivity index (χ3v) is 2.46. The molecule has 0 fully saturated rings. The number of benzene rings is 1. The van der Waals surface area contributed by atoms with Gasteiger partial charge in [0.15, 0.2) is 12.0 Å². The lowest BCUT2D eigenvalue weighted by molar-refractivity contribution is 0.110. The fourth-order valence-corrected chi connectivity index (χ4v) is 1.67. The van der Waals surface area contributed by atoms with Crippen LogP contribution in [0.1, 0.15) is 23.0 Å². The fraction of sp³-hybridized carbons (Fsp3) is 0.250. The number of nitrogens with one attached hydrogen (secondary N) is 1. The van der Waals surface area contributed by atoms with E-state index < -0.39 is 0 Å². The molecule has 0 spiro atoms. The van der Waals surface area contributed by atoms with E-state index in [1.165, 1.54) is 0 Å². The molecule has 0 saturated heterocycles. The molecule has 0 amide bonds. The van der Waals surface area contributed by atoms with Crippen molar-refractivity contribution in [1.29, 1.82) is 0 Å². The number of rotatable bonds is 3. The van der Waals surface area contributed by atoms with Gasteiger partial charge in [-0.2, -0.15) is 0 Å². The van der Waals surface area contributed by atoms with E-state index in [0.717, 1.165) is 35.1 Å². The predicted molar refractivity (Wildman–Crippen MR) is 60.5 cm³/mol. The predicted octanol–water partition coefficient (Wildman–Crippen LogP) is 2.99. The van der Waals surface area contributed by atoms with Crippen molar-refractivity contribution in [2.24, 2.45) is 0 Å². The number of anilines is 1. The molecule has 2 rings (SSSR count). The number of aryl methyl sites for hydroxylation is 1. The largest absolute Gasteiger partial charge is 0.453 e. The highest BCUT2D eigenvalue weighted by Gasteiger charge is 2.09. The van der Waals surface area contributed by atoms with Gasteiger partial charge in [-0.05, 0) is 26.0 Å². The van der Waals surface area contributed by atoms with Crippen molar-refractivity contribution in [3.05, 3.63) is 29.5 Å². The molecule has 15 heavy (non-hydrogen) atoms. The molecular formula is C12H13NO2. The summed E-state index contributed by atoms with van der Waals surface area (Å²) in [6.07, 6.45) is 0.752. The maximum absolute atomic E-state index is 10.7.